The Morgan fingerprint density at radius 2 is 2.16 bits per heavy atom. The fourth-order valence-corrected chi connectivity index (χ4v) is 2.63. The van der Waals surface area contributed by atoms with Crippen molar-refractivity contribution in [1.82, 2.24) is 10.2 Å². The van der Waals surface area contributed by atoms with Gasteiger partial charge in [0.2, 0.25) is 0 Å². The van der Waals surface area contributed by atoms with Crippen LogP contribution < -0.4 is 11.1 Å². The smallest absolute Gasteiger partial charge is 0.314 e. The van der Waals surface area contributed by atoms with E-state index in [-0.39, 0.29) is 6.03 Å². The molecule has 0 radical (unpaired) electrons. The van der Waals surface area contributed by atoms with Gasteiger partial charge >= 0.3 is 6.03 Å². The predicted molar refractivity (Wildman–Crippen MR) is 79.9 cm³/mol. The molecular weight excluding hydrogens is 306 g/mol. The highest BCUT2D eigenvalue weighted by atomic mass is 79.9. The number of likely N-dealkylation sites (tertiary alicyclic amines) is 1. The summed E-state index contributed by atoms with van der Waals surface area (Å²) in [6.07, 6.45) is 1.94. The van der Waals surface area contributed by atoms with Gasteiger partial charge in [-0.2, -0.15) is 0 Å². The molecule has 1 aromatic carbocycles. The van der Waals surface area contributed by atoms with Gasteiger partial charge < -0.3 is 16.0 Å². The van der Waals surface area contributed by atoms with Gasteiger partial charge in [0.05, 0.1) is 0 Å². The van der Waals surface area contributed by atoms with E-state index in [0.717, 1.165) is 36.9 Å². The van der Waals surface area contributed by atoms with Crippen LogP contribution in [0.1, 0.15) is 24.0 Å². The fourth-order valence-electron chi connectivity index (χ4n) is 2.38. The van der Waals surface area contributed by atoms with Gasteiger partial charge in [0, 0.05) is 30.1 Å². The van der Waals surface area contributed by atoms with Crippen molar-refractivity contribution in [2.24, 2.45) is 5.73 Å². The number of benzene rings is 1. The molecule has 1 fully saturated rings. The lowest BCUT2D eigenvalue weighted by Crippen LogP contribution is -2.46. The number of halogens is 1. The van der Waals surface area contributed by atoms with Gasteiger partial charge in [0.15, 0.2) is 0 Å². The second-order valence-corrected chi connectivity index (χ2v) is 5.92. The van der Waals surface area contributed by atoms with Gasteiger partial charge in [-0.25, -0.2) is 4.79 Å². The van der Waals surface area contributed by atoms with Crippen LogP contribution in [-0.4, -0.2) is 30.1 Å². The number of hydrogen-bond acceptors (Lipinski definition) is 2. The molecule has 0 unspecified atom stereocenters. The van der Waals surface area contributed by atoms with Gasteiger partial charge in [0.1, 0.15) is 0 Å². The summed E-state index contributed by atoms with van der Waals surface area (Å²) in [7, 11) is 0. The van der Waals surface area contributed by atoms with E-state index in [1.54, 1.807) is 4.90 Å². The number of carbonyl (C=O) groups is 1. The molecule has 1 saturated heterocycles. The quantitative estimate of drug-likeness (QED) is 0.896. The predicted octanol–water partition coefficient (Wildman–Crippen LogP) is 2.39. The Kier molecular flexibility index (Phi) is 4.82. The summed E-state index contributed by atoms with van der Waals surface area (Å²) in [5, 5.41) is 3.55. The maximum absolute atomic E-state index is 11.0. The second-order valence-electron chi connectivity index (χ2n) is 5.06. The van der Waals surface area contributed by atoms with E-state index in [1.807, 2.05) is 0 Å². The van der Waals surface area contributed by atoms with Crippen LogP contribution in [0.2, 0.25) is 0 Å². The van der Waals surface area contributed by atoms with Crippen LogP contribution in [0.4, 0.5) is 4.79 Å². The molecule has 0 aromatic heterocycles. The first-order valence-electron chi connectivity index (χ1n) is 6.59. The van der Waals surface area contributed by atoms with Gasteiger partial charge in [-0.15, -0.1) is 0 Å². The molecule has 2 rings (SSSR count). The van der Waals surface area contributed by atoms with Gasteiger partial charge in [-0.05, 0) is 37.0 Å². The third kappa shape index (κ3) is 3.94. The normalized spacial score (nSPS) is 16.6. The number of hydrogen-bond donors (Lipinski definition) is 2. The van der Waals surface area contributed by atoms with Crippen LogP contribution in [-0.2, 0) is 6.54 Å². The molecule has 0 saturated carbocycles. The highest BCUT2D eigenvalue weighted by Crippen LogP contribution is 2.17. The minimum Gasteiger partial charge on any atom is -0.351 e. The third-order valence-electron chi connectivity index (χ3n) is 3.62. The van der Waals surface area contributed by atoms with Crippen LogP contribution in [0.3, 0.4) is 0 Å². The summed E-state index contributed by atoms with van der Waals surface area (Å²) in [6.45, 7) is 4.48. The van der Waals surface area contributed by atoms with E-state index in [9.17, 15) is 4.79 Å². The summed E-state index contributed by atoms with van der Waals surface area (Å²) in [5.74, 6) is 0. The Balaban J connectivity index is 1.80. The first-order valence-corrected chi connectivity index (χ1v) is 7.38. The summed E-state index contributed by atoms with van der Waals surface area (Å²) < 4.78 is 1.14. The molecule has 1 aromatic rings. The molecule has 1 heterocycles. The molecule has 0 aliphatic carbocycles. The van der Waals surface area contributed by atoms with Crippen molar-refractivity contribution < 1.29 is 4.79 Å². The van der Waals surface area contributed by atoms with Crippen LogP contribution in [0.25, 0.3) is 0 Å². The zero-order valence-corrected chi connectivity index (χ0v) is 12.7. The molecule has 104 valence electrons. The highest BCUT2D eigenvalue weighted by molar-refractivity contribution is 9.10. The molecule has 0 bridgehead atoms. The number of nitrogens with zero attached hydrogens (tertiary/aromatic N) is 1. The first-order chi connectivity index (χ1) is 9.06. The Bertz CT molecular complexity index is 456. The molecule has 3 N–H and O–H groups in total. The van der Waals surface area contributed by atoms with E-state index in [0.29, 0.717) is 6.04 Å². The first kappa shape index (κ1) is 14.3. The summed E-state index contributed by atoms with van der Waals surface area (Å²) in [5.41, 5.74) is 7.81. The van der Waals surface area contributed by atoms with Crippen molar-refractivity contribution in [3.63, 3.8) is 0 Å². The number of rotatable bonds is 3. The van der Waals surface area contributed by atoms with Crippen molar-refractivity contribution in [3.05, 3.63) is 33.8 Å². The zero-order valence-electron chi connectivity index (χ0n) is 11.2. The van der Waals surface area contributed by atoms with Gasteiger partial charge in [-0.3, -0.25) is 0 Å². The molecule has 0 atom stereocenters. The lowest BCUT2D eigenvalue weighted by Gasteiger charge is -2.31. The van der Waals surface area contributed by atoms with Crippen molar-refractivity contribution in [2.45, 2.75) is 32.4 Å². The molecule has 19 heavy (non-hydrogen) atoms. The van der Waals surface area contributed by atoms with Gasteiger partial charge in [-0.1, -0.05) is 28.1 Å². The number of primary amides is 1. The third-order valence-corrected chi connectivity index (χ3v) is 4.51. The monoisotopic (exact) mass is 325 g/mol. The molecule has 4 nitrogen and oxygen atoms in total. The molecular formula is C14H20BrN3O. The lowest BCUT2D eigenvalue weighted by molar-refractivity contribution is 0.185. The zero-order chi connectivity index (χ0) is 13.8. The highest BCUT2D eigenvalue weighted by Gasteiger charge is 2.20. The lowest BCUT2D eigenvalue weighted by atomic mass is 10.0. The Hall–Kier alpha value is -1.07. The van der Waals surface area contributed by atoms with E-state index in [2.05, 4.69) is 46.4 Å². The number of nitrogens with one attached hydrogen (secondary N) is 1. The molecule has 1 aliphatic heterocycles. The van der Waals surface area contributed by atoms with Crippen molar-refractivity contribution in [1.29, 1.82) is 0 Å². The molecule has 5 heteroatoms. The maximum atomic E-state index is 11.0. The van der Waals surface area contributed by atoms with E-state index < -0.39 is 0 Å². The number of piperidine rings is 1. The largest absolute Gasteiger partial charge is 0.351 e. The van der Waals surface area contributed by atoms with E-state index >= 15 is 0 Å². The van der Waals surface area contributed by atoms with Crippen LogP contribution in [0, 0.1) is 6.92 Å². The standard InChI is InChI=1S/C14H20BrN3O/c1-10-8-11(2-3-13(10)15)9-17-12-4-6-18(7-5-12)14(16)19/h2-3,8,12,17H,4-7,9H2,1H3,(H2,16,19). The number of amides is 2. The maximum Gasteiger partial charge on any atom is 0.314 e. The van der Waals surface area contributed by atoms with E-state index in [4.69, 9.17) is 5.73 Å². The van der Waals surface area contributed by atoms with E-state index in [1.165, 1.54) is 11.1 Å². The Morgan fingerprint density at radius 1 is 1.47 bits per heavy atom. The van der Waals surface area contributed by atoms with Gasteiger partial charge in [0.25, 0.3) is 0 Å². The SMILES string of the molecule is Cc1cc(CNC2CCN(C(N)=O)CC2)ccc1Br. The summed E-state index contributed by atoms with van der Waals surface area (Å²) in [4.78, 5) is 12.7. The van der Waals surface area contributed by atoms with Crippen molar-refractivity contribution >= 4 is 22.0 Å². The minimum absolute atomic E-state index is 0.304. The van der Waals surface area contributed by atoms with Crippen molar-refractivity contribution in [3.8, 4) is 0 Å². The second kappa shape index (κ2) is 6.39. The minimum atomic E-state index is -0.304. The average Bonchev–Trinajstić information content (AvgIpc) is 2.40. The summed E-state index contributed by atoms with van der Waals surface area (Å²) in [6, 6.07) is 6.57. The molecule has 2 amide bonds. The van der Waals surface area contributed by atoms with Crippen LogP contribution in [0.5, 0.6) is 0 Å². The number of urea groups is 1. The average molecular weight is 326 g/mol. The number of aryl methyl sites for hydroxylation is 1. The molecule has 1 aliphatic rings. The number of nitrogens with two attached hydrogens (primary N) is 1. The van der Waals surface area contributed by atoms with Crippen LogP contribution >= 0.6 is 15.9 Å². The van der Waals surface area contributed by atoms with Crippen molar-refractivity contribution in [2.75, 3.05) is 13.1 Å². The molecule has 0 spiro atoms. The summed E-state index contributed by atoms with van der Waals surface area (Å²) >= 11 is 3.51. The number of carbonyl (C=O) groups excluding carboxylic acids is 1. The Morgan fingerprint density at radius 3 is 2.74 bits per heavy atom. The Labute approximate surface area is 122 Å². The van der Waals surface area contributed by atoms with Crippen LogP contribution in [0.15, 0.2) is 22.7 Å². The topological polar surface area (TPSA) is 58.4 Å². The fraction of sp³-hybridized carbons (Fsp3) is 0.500.